The summed E-state index contributed by atoms with van der Waals surface area (Å²) in [6.07, 6.45) is 8.45. The van der Waals surface area contributed by atoms with Gasteiger partial charge in [0.25, 0.3) is 0 Å². The first-order valence-electron chi connectivity index (χ1n) is 18.6. The molecule has 0 saturated heterocycles. The van der Waals surface area contributed by atoms with Gasteiger partial charge in [0.1, 0.15) is 0 Å². The van der Waals surface area contributed by atoms with Crippen molar-refractivity contribution in [3.8, 4) is 62.5 Å². The maximum absolute atomic E-state index is 9.62. The van der Waals surface area contributed by atoms with Crippen LogP contribution in [-0.4, -0.2) is 15.0 Å². The molecule has 0 aliphatic heterocycles. The van der Waals surface area contributed by atoms with Gasteiger partial charge in [0.05, 0.1) is 11.6 Å². The Morgan fingerprint density at radius 1 is 0.588 bits per heavy atom. The molecule has 4 aliphatic rings. The topological polar surface area (TPSA) is 62.5 Å². The van der Waals surface area contributed by atoms with Gasteiger partial charge in [-0.25, -0.2) is 15.0 Å². The fourth-order valence-corrected chi connectivity index (χ4v) is 10.5. The molecule has 51 heavy (non-hydrogen) atoms. The van der Waals surface area contributed by atoms with E-state index in [-0.39, 0.29) is 5.41 Å². The minimum Gasteiger partial charge on any atom is -0.208 e. The minimum absolute atomic E-state index is 0.263. The van der Waals surface area contributed by atoms with E-state index >= 15 is 0 Å². The zero-order chi connectivity index (χ0) is 34.3. The summed E-state index contributed by atoms with van der Waals surface area (Å²) in [7, 11) is 0. The summed E-state index contributed by atoms with van der Waals surface area (Å²) in [5.41, 5.74) is 12.3. The smallest absolute Gasteiger partial charge is 0.164 e. The highest BCUT2D eigenvalue weighted by molar-refractivity contribution is 5.85. The zero-order valence-corrected chi connectivity index (χ0v) is 29.2. The van der Waals surface area contributed by atoms with Gasteiger partial charge in [-0.15, -0.1) is 0 Å². The van der Waals surface area contributed by atoms with Crippen molar-refractivity contribution < 1.29 is 0 Å². The third kappa shape index (κ3) is 4.82. The summed E-state index contributed by atoms with van der Waals surface area (Å²) in [5, 5.41) is 9.62. The van der Waals surface area contributed by atoms with Crippen molar-refractivity contribution in [3.63, 3.8) is 0 Å². The molecule has 5 aromatic carbocycles. The lowest BCUT2D eigenvalue weighted by Crippen LogP contribution is -2.37. The minimum atomic E-state index is -0.263. The summed E-state index contributed by atoms with van der Waals surface area (Å²) in [6.45, 7) is 4.48. The Morgan fingerprint density at radius 2 is 1.24 bits per heavy atom. The summed E-state index contributed by atoms with van der Waals surface area (Å²) in [5.74, 6) is 4.83. The molecule has 1 aromatic heterocycles. The number of rotatable bonds is 5. The SMILES string of the molecule is CC1(C)c2cc(C#N)ccc2-c2ccc(-c3nc(-c4ccccc4)nc(-c4ccccc4-c4ccc(C56CCC7C[C@@H](CC7C5)C6)cc4)n3)cc21. The van der Waals surface area contributed by atoms with Crippen molar-refractivity contribution in [2.75, 3.05) is 0 Å². The first-order chi connectivity index (χ1) is 24.9. The van der Waals surface area contributed by atoms with Gasteiger partial charge in [0.15, 0.2) is 17.5 Å². The van der Waals surface area contributed by atoms with Crippen LogP contribution in [0.4, 0.5) is 0 Å². The third-order valence-corrected chi connectivity index (χ3v) is 13.0. The zero-order valence-electron chi connectivity index (χ0n) is 29.2. The predicted octanol–water partition coefficient (Wildman–Crippen LogP) is 11.2. The molecule has 248 valence electrons. The molecule has 3 saturated carbocycles. The second kappa shape index (κ2) is 11.3. The molecule has 0 amide bonds. The highest BCUT2D eigenvalue weighted by Crippen LogP contribution is 2.61. The fraction of sp³-hybridized carbons (Fsp3) is 0.277. The van der Waals surface area contributed by atoms with E-state index in [4.69, 9.17) is 15.0 Å². The van der Waals surface area contributed by atoms with Crippen molar-refractivity contribution in [2.24, 2.45) is 17.8 Å². The first kappa shape index (κ1) is 30.4. The predicted molar refractivity (Wildman–Crippen MR) is 204 cm³/mol. The van der Waals surface area contributed by atoms with E-state index in [1.807, 2.05) is 30.3 Å². The highest BCUT2D eigenvalue weighted by Gasteiger charge is 2.52. The number of nitrogens with zero attached hydrogens (tertiary/aromatic N) is 4. The Labute approximate surface area is 300 Å². The molecule has 4 nitrogen and oxygen atoms in total. The van der Waals surface area contributed by atoms with Crippen LogP contribution in [0.2, 0.25) is 0 Å². The van der Waals surface area contributed by atoms with Gasteiger partial charge in [-0.2, -0.15) is 5.26 Å². The lowest BCUT2D eigenvalue weighted by molar-refractivity contribution is 0.139. The molecule has 3 bridgehead atoms. The van der Waals surface area contributed by atoms with Crippen molar-refractivity contribution in [2.45, 2.75) is 63.2 Å². The van der Waals surface area contributed by atoms with Crippen molar-refractivity contribution >= 4 is 0 Å². The average molecular weight is 661 g/mol. The standard InChI is InChI=1S/C47H40N4/c1-46(2)41-24-29(28-48)12-18-38(41)39-19-15-34(25-42(39)46)44-49-43(32-8-4-3-5-9-32)50-45(51-44)40-11-7-6-10-37(40)31-13-16-36(17-14-31)47-21-20-33-22-30(26-47)23-35(33)27-47/h3-19,24-25,30,33,35H,20-23,26-27H2,1-2H3/t30-,33?,35?,47?/m0/s1. The normalized spacial score (nSPS) is 23.4. The largest absolute Gasteiger partial charge is 0.208 e. The van der Waals surface area contributed by atoms with Gasteiger partial charge in [-0.3, -0.25) is 0 Å². The van der Waals surface area contributed by atoms with E-state index in [1.54, 1.807) is 0 Å². The van der Waals surface area contributed by atoms with E-state index in [2.05, 4.69) is 105 Å². The van der Waals surface area contributed by atoms with Crippen LogP contribution in [0.25, 0.3) is 56.4 Å². The van der Waals surface area contributed by atoms with Crippen LogP contribution in [0.5, 0.6) is 0 Å². The third-order valence-electron chi connectivity index (χ3n) is 13.0. The van der Waals surface area contributed by atoms with Crippen LogP contribution < -0.4 is 0 Å². The lowest BCUT2D eigenvalue weighted by atomic mass is 9.59. The van der Waals surface area contributed by atoms with Gasteiger partial charge in [-0.05, 0) is 119 Å². The van der Waals surface area contributed by atoms with Gasteiger partial charge in [0.2, 0.25) is 0 Å². The second-order valence-corrected chi connectivity index (χ2v) is 16.1. The van der Waals surface area contributed by atoms with Crippen LogP contribution in [0.3, 0.4) is 0 Å². The lowest BCUT2D eigenvalue weighted by Gasteiger charge is -2.45. The maximum Gasteiger partial charge on any atom is 0.164 e. The highest BCUT2D eigenvalue weighted by atomic mass is 15.0. The van der Waals surface area contributed by atoms with Crippen LogP contribution in [0.1, 0.15) is 74.6 Å². The summed E-state index contributed by atoms with van der Waals surface area (Å²) < 4.78 is 0. The van der Waals surface area contributed by atoms with E-state index in [1.165, 1.54) is 71.9 Å². The Balaban J connectivity index is 1.06. The molecule has 0 N–H and O–H groups in total. The number of hydrogen-bond donors (Lipinski definition) is 0. The van der Waals surface area contributed by atoms with Crippen LogP contribution in [0.15, 0.2) is 115 Å². The molecule has 10 rings (SSSR count). The Morgan fingerprint density at radius 3 is 2.02 bits per heavy atom. The van der Waals surface area contributed by atoms with E-state index in [9.17, 15) is 5.26 Å². The van der Waals surface area contributed by atoms with Gasteiger partial charge in [-0.1, -0.05) is 111 Å². The molecule has 0 radical (unpaired) electrons. The molecule has 4 heteroatoms. The molecule has 0 spiro atoms. The Kier molecular flexibility index (Phi) is 6.74. The molecular weight excluding hydrogens is 621 g/mol. The molecule has 4 aliphatic carbocycles. The Hall–Kier alpha value is -5.40. The van der Waals surface area contributed by atoms with E-state index < -0.39 is 0 Å². The number of fused-ring (bicyclic) bond motifs is 5. The number of hydrogen-bond acceptors (Lipinski definition) is 4. The number of benzene rings is 5. The first-order valence-corrected chi connectivity index (χ1v) is 18.6. The van der Waals surface area contributed by atoms with Crippen molar-refractivity contribution in [3.05, 3.63) is 138 Å². The molecule has 3 unspecified atom stereocenters. The molecule has 3 fully saturated rings. The van der Waals surface area contributed by atoms with Gasteiger partial charge in [0, 0.05) is 22.1 Å². The number of nitriles is 1. The molecule has 1 heterocycles. The average Bonchev–Trinajstić information content (AvgIpc) is 3.54. The van der Waals surface area contributed by atoms with Crippen molar-refractivity contribution in [1.82, 2.24) is 15.0 Å². The van der Waals surface area contributed by atoms with Gasteiger partial charge < -0.3 is 0 Å². The van der Waals surface area contributed by atoms with Crippen LogP contribution in [-0.2, 0) is 10.8 Å². The van der Waals surface area contributed by atoms with Crippen LogP contribution >= 0.6 is 0 Å². The van der Waals surface area contributed by atoms with Gasteiger partial charge >= 0.3 is 0 Å². The van der Waals surface area contributed by atoms with E-state index in [0.29, 0.717) is 28.5 Å². The quantitative estimate of drug-likeness (QED) is 0.185. The molecule has 4 atom stereocenters. The molecular formula is C47H40N4. The second-order valence-electron chi connectivity index (χ2n) is 16.1. The van der Waals surface area contributed by atoms with Crippen LogP contribution in [0, 0.1) is 29.1 Å². The monoisotopic (exact) mass is 660 g/mol. The summed E-state index contributed by atoms with van der Waals surface area (Å²) in [4.78, 5) is 15.4. The maximum atomic E-state index is 9.62. The fourth-order valence-electron chi connectivity index (χ4n) is 10.5. The van der Waals surface area contributed by atoms with E-state index in [0.717, 1.165) is 40.0 Å². The summed E-state index contributed by atoms with van der Waals surface area (Å²) >= 11 is 0. The molecule has 6 aromatic rings. The van der Waals surface area contributed by atoms with Crippen molar-refractivity contribution in [1.29, 1.82) is 5.26 Å². The Bertz CT molecular complexity index is 2380. The summed E-state index contributed by atoms with van der Waals surface area (Å²) in [6, 6.07) is 43.2. The number of aromatic nitrogens is 3.